The van der Waals surface area contributed by atoms with Gasteiger partial charge >= 0.3 is 11.9 Å². The topological polar surface area (TPSA) is 71.1 Å². The van der Waals surface area contributed by atoms with Crippen molar-refractivity contribution in [2.45, 2.75) is 51.3 Å². The van der Waals surface area contributed by atoms with Crippen molar-refractivity contribution in [3.05, 3.63) is 70.8 Å². The maximum atomic E-state index is 11.3. The third-order valence-corrected chi connectivity index (χ3v) is 6.88. The van der Waals surface area contributed by atoms with E-state index in [1.54, 1.807) is 11.8 Å². The van der Waals surface area contributed by atoms with Gasteiger partial charge in [-0.25, -0.2) is 9.59 Å². The number of ether oxygens (including phenoxy) is 4. The minimum atomic E-state index is -0.480. The van der Waals surface area contributed by atoms with Crippen LogP contribution in [0.2, 0.25) is 0 Å². The zero-order valence-corrected chi connectivity index (χ0v) is 22.2. The Morgan fingerprint density at radius 3 is 1.40 bits per heavy atom. The molecule has 0 fully saturated rings. The molecule has 6 nitrogen and oxygen atoms in total. The number of carbonyl (C=O) groups excluding carboxylic acids is 2. The molecule has 0 unspecified atom stereocenters. The Morgan fingerprint density at radius 1 is 0.686 bits per heavy atom. The molecule has 0 saturated carbocycles. The van der Waals surface area contributed by atoms with Crippen LogP contribution in [0.1, 0.15) is 33.4 Å². The van der Waals surface area contributed by atoms with Crippen LogP contribution >= 0.6 is 11.8 Å². The lowest BCUT2D eigenvalue weighted by molar-refractivity contribution is -0.139. The zero-order valence-electron chi connectivity index (χ0n) is 21.4. The van der Waals surface area contributed by atoms with E-state index in [0.29, 0.717) is 0 Å². The number of benzene rings is 2. The van der Waals surface area contributed by atoms with Crippen LogP contribution in [0.3, 0.4) is 0 Å². The van der Waals surface area contributed by atoms with E-state index in [1.807, 2.05) is 13.8 Å². The van der Waals surface area contributed by atoms with Crippen LogP contribution in [0.4, 0.5) is 0 Å². The van der Waals surface area contributed by atoms with Crippen molar-refractivity contribution in [3.8, 4) is 11.5 Å². The Morgan fingerprint density at radius 2 is 1.06 bits per heavy atom. The molecule has 0 aliphatic rings. The van der Waals surface area contributed by atoms with Crippen molar-refractivity contribution < 1.29 is 28.5 Å². The Kier molecular flexibility index (Phi) is 10.5. The highest BCUT2D eigenvalue weighted by atomic mass is 32.2. The molecule has 0 atom stereocenters. The van der Waals surface area contributed by atoms with Crippen LogP contribution in [-0.4, -0.2) is 38.4 Å². The van der Waals surface area contributed by atoms with Gasteiger partial charge in [0.15, 0.2) is 0 Å². The molecule has 0 bridgehead atoms. The van der Waals surface area contributed by atoms with E-state index in [4.69, 9.17) is 18.9 Å². The number of aryl methyl sites for hydroxylation is 2. The molecule has 2 aromatic rings. The quantitative estimate of drug-likeness (QED) is 0.205. The van der Waals surface area contributed by atoms with Crippen LogP contribution in [0.5, 0.6) is 11.5 Å². The lowest BCUT2D eigenvalue weighted by Gasteiger charge is -2.21. The molecule has 0 amide bonds. The monoisotopic (exact) mass is 498 g/mol. The molecule has 0 heterocycles. The smallest absolute Gasteiger partial charge is 0.330 e. The molecule has 188 valence electrons. The molecule has 7 heteroatoms. The van der Waals surface area contributed by atoms with Gasteiger partial charge in [0.05, 0.1) is 9.79 Å². The molecule has 35 heavy (non-hydrogen) atoms. The maximum Gasteiger partial charge on any atom is 0.330 e. The van der Waals surface area contributed by atoms with Crippen molar-refractivity contribution >= 4 is 23.7 Å². The van der Waals surface area contributed by atoms with Gasteiger partial charge in [-0.1, -0.05) is 24.9 Å². The van der Waals surface area contributed by atoms with Gasteiger partial charge < -0.3 is 18.9 Å². The average Bonchev–Trinajstić information content (AvgIpc) is 2.84. The SMILES string of the molecule is C=CC(=O)OCCOc1c(Sc2cc(C)c(C)c(C)c2OCCOC(=O)C=C)cc(C)c(C)c1C. The molecule has 2 rings (SSSR count). The van der Waals surface area contributed by atoms with E-state index in [0.717, 1.165) is 66.8 Å². The molecular weight excluding hydrogens is 464 g/mol. The largest absolute Gasteiger partial charge is 0.489 e. The first-order chi connectivity index (χ1) is 16.6. The summed E-state index contributed by atoms with van der Waals surface area (Å²) in [5.74, 6) is 0.529. The van der Waals surface area contributed by atoms with Gasteiger partial charge in [0, 0.05) is 12.2 Å². The summed E-state index contributed by atoms with van der Waals surface area (Å²) in [5.41, 5.74) is 6.64. The number of hydrogen-bond acceptors (Lipinski definition) is 7. The van der Waals surface area contributed by atoms with Gasteiger partial charge in [0.2, 0.25) is 0 Å². The van der Waals surface area contributed by atoms with Gasteiger partial charge in [-0.05, 0) is 87.1 Å². The van der Waals surface area contributed by atoms with Crippen molar-refractivity contribution in [2.75, 3.05) is 26.4 Å². The third kappa shape index (κ3) is 7.39. The van der Waals surface area contributed by atoms with Crippen LogP contribution < -0.4 is 9.47 Å². The van der Waals surface area contributed by atoms with Gasteiger partial charge in [0.25, 0.3) is 0 Å². The molecule has 2 aromatic carbocycles. The van der Waals surface area contributed by atoms with E-state index < -0.39 is 11.9 Å². The first kappa shape index (κ1) is 28.1. The molecule has 0 spiro atoms. The summed E-state index contributed by atoms with van der Waals surface area (Å²) >= 11 is 1.55. The molecule has 0 aliphatic heterocycles. The summed E-state index contributed by atoms with van der Waals surface area (Å²) in [4.78, 5) is 24.6. The molecule has 0 N–H and O–H groups in total. The Labute approximate surface area is 212 Å². The normalized spacial score (nSPS) is 10.5. The average molecular weight is 499 g/mol. The van der Waals surface area contributed by atoms with E-state index in [-0.39, 0.29) is 26.4 Å². The lowest BCUT2D eigenvalue weighted by atomic mass is 10.0. The number of rotatable bonds is 12. The van der Waals surface area contributed by atoms with Gasteiger partial charge in [0.1, 0.15) is 37.9 Å². The minimum Gasteiger partial charge on any atom is -0.489 e. The van der Waals surface area contributed by atoms with Gasteiger partial charge in [-0.2, -0.15) is 0 Å². The molecule has 0 aromatic heterocycles. The zero-order chi connectivity index (χ0) is 26.1. The first-order valence-corrected chi connectivity index (χ1v) is 12.2. The van der Waals surface area contributed by atoms with Crippen molar-refractivity contribution in [1.29, 1.82) is 0 Å². The maximum absolute atomic E-state index is 11.3. The Hall–Kier alpha value is -3.19. The first-order valence-electron chi connectivity index (χ1n) is 11.3. The predicted octanol–water partition coefficient (Wildman–Crippen LogP) is 5.90. The van der Waals surface area contributed by atoms with Crippen LogP contribution in [-0.2, 0) is 19.1 Å². The summed E-state index contributed by atoms with van der Waals surface area (Å²) in [6.07, 6.45) is 2.26. The highest BCUT2D eigenvalue weighted by Gasteiger charge is 2.19. The standard InChI is InChI=1S/C28H34O6S/c1-9-25(29)31-11-13-33-27-21(7)19(5)17(3)15-23(27)35-24-16-18(4)20(6)22(8)28(24)34-14-12-32-26(30)10-2/h9-10,15-16H,1-2,11-14H2,3-8H3. The molecule has 0 aliphatic carbocycles. The summed E-state index contributed by atoms with van der Waals surface area (Å²) < 4.78 is 22.3. The lowest BCUT2D eigenvalue weighted by Crippen LogP contribution is -2.12. The highest BCUT2D eigenvalue weighted by molar-refractivity contribution is 7.99. The van der Waals surface area contributed by atoms with E-state index in [9.17, 15) is 9.59 Å². The fourth-order valence-corrected chi connectivity index (χ4v) is 4.68. The Bertz CT molecular complexity index is 1030. The van der Waals surface area contributed by atoms with Crippen molar-refractivity contribution in [2.24, 2.45) is 0 Å². The second-order valence-corrected chi connectivity index (χ2v) is 9.17. The van der Waals surface area contributed by atoms with Crippen LogP contribution in [0.25, 0.3) is 0 Å². The number of hydrogen-bond donors (Lipinski definition) is 0. The Balaban J connectivity index is 2.36. The number of esters is 2. The van der Waals surface area contributed by atoms with Crippen molar-refractivity contribution in [3.63, 3.8) is 0 Å². The summed E-state index contributed by atoms with van der Waals surface area (Å²) in [6.45, 7) is 19.8. The van der Waals surface area contributed by atoms with Crippen LogP contribution in [0.15, 0.2) is 47.2 Å². The van der Waals surface area contributed by atoms with Crippen LogP contribution in [0, 0.1) is 41.5 Å². The predicted molar refractivity (Wildman–Crippen MR) is 139 cm³/mol. The molecule has 0 radical (unpaired) electrons. The summed E-state index contributed by atoms with van der Waals surface area (Å²) in [6, 6.07) is 4.19. The molecular formula is C28H34O6S. The molecule has 0 saturated heterocycles. The third-order valence-electron chi connectivity index (χ3n) is 5.83. The minimum absolute atomic E-state index is 0.127. The second-order valence-electron chi connectivity index (χ2n) is 8.08. The van der Waals surface area contributed by atoms with E-state index >= 15 is 0 Å². The number of carbonyl (C=O) groups is 2. The summed E-state index contributed by atoms with van der Waals surface area (Å²) in [7, 11) is 0. The fourth-order valence-electron chi connectivity index (χ4n) is 3.36. The fraction of sp³-hybridized carbons (Fsp3) is 0.357. The van der Waals surface area contributed by atoms with Gasteiger partial charge in [-0.15, -0.1) is 0 Å². The van der Waals surface area contributed by atoms with E-state index in [2.05, 4.69) is 53.0 Å². The highest BCUT2D eigenvalue weighted by Crippen LogP contribution is 2.45. The van der Waals surface area contributed by atoms with E-state index in [1.165, 1.54) is 0 Å². The van der Waals surface area contributed by atoms with Crippen molar-refractivity contribution in [1.82, 2.24) is 0 Å². The second kappa shape index (κ2) is 13.0. The van der Waals surface area contributed by atoms with Gasteiger partial charge in [-0.3, -0.25) is 0 Å². The summed E-state index contributed by atoms with van der Waals surface area (Å²) in [5, 5.41) is 0.